The molecule has 0 amide bonds. The van der Waals surface area contributed by atoms with E-state index in [0.717, 1.165) is 12.3 Å². The molecule has 0 fully saturated rings. The number of rotatable bonds is 7. The number of halogens is 1. The number of carboxylic acid groups (broad SMARTS) is 1. The van der Waals surface area contributed by atoms with Gasteiger partial charge in [-0.05, 0) is 23.6 Å². The zero-order valence-electron chi connectivity index (χ0n) is 12.8. The summed E-state index contributed by atoms with van der Waals surface area (Å²) in [5, 5.41) is 9.21. The molecule has 0 heterocycles. The molecule has 0 unspecified atom stereocenters. The van der Waals surface area contributed by atoms with Crippen LogP contribution in [0.4, 0.5) is 0 Å². The third kappa shape index (κ3) is 5.76. The molecule has 23 heavy (non-hydrogen) atoms. The summed E-state index contributed by atoms with van der Waals surface area (Å²) >= 11 is 5.80. The van der Waals surface area contributed by atoms with Gasteiger partial charge in [0, 0.05) is 11.3 Å². The lowest BCUT2D eigenvalue weighted by molar-refractivity contribution is -0.140. The van der Waals surface area contributed by atoms with Crippen LogP contribution in [0.5, 0.6) is 0 Å². The zero-order valence-corrected chi connectivity index (χ0v) is 15.2. The highest BCUT2D eigenvalue weighted by Gasteiger charge is 2.30. The van der Waals surface area contributed by atoms with E-state index in [1.807, 2.05) is 0 Å². The second kappa shape index (κ2) is 7.16. The Morgan fingerprint density at radius 2 is 1.83 bits per heavy atom. The van der Waals surface area contributed by atoms with Crippen molar-refractivity contribution in [3.05, 3.63) is 28.8 Å². The summed E-state index contributed by atoms with van der Waals surface area (Å²) in [6, 6.07) is 2.43. The summed E-state index contributed by atoms with van der Waals surface area (Å²) in [7, 11) is -7.74. The van der Waals surface area contributed by atoms with Gasteiger partial charge >= 0.3 is 5.97 Å². The van der Waals surface area contributed by atoms with Crippen LogP contribution in [0.2, 0.25) is 5.02 Å². The molecule has 0 spiro atoms. The van der Waals surface area contributed by atoms with Crippen molar-refractivity contribution < 1.29 is 26.7 Å². The molecule has 7 nitrogen and oxygen atoms in total. The van der Waals surface area contributed by atoms with Gasteiger partial charge in [0.05, 0.1) is 10.6 Å². The van der Waals surface area contributed by atoms with Crippen molar-refractivity contribution in [3.8, 4) is 0 Å². The number of carboxylic acids is 1. The van der Waals surface area contributed by atoms with Crippen molar-refractivity contribution in [2.75, 3.05) is 6.26 Å². The number of aliphatic carboxylic acids is 1. The second-order valence-corrected chi connectivity index (χ2v) is 9.76. The fraction of sp³-hybridized carbons (Fsp3) is 0.462. The summed E-state index contributed by atoms with van der Waals surface area (Å²) < 4.78 is 50.0. The second-order valence-electron chi connectivity index (χ2n) is 5.50. The number of carbonyl (C=O) groups is 1. The predicted octanol–water partition coefficient (Wildman–Crippen LogP) is 1.27. The van der Waals surface area contributed by atoms with Crippen LogP contribution in [-0.2, 0) is 30.4 Å². The molecule has 2 N–H and O–H groups in total. The SMILES string of the molecule is CC(C)[C@@H](NS(=O)(=O)c1cc(Cl)ccc1CS(C)(=O)=O)C(=O)O. The van der Waals surface area contributed by atoms with Crippen LogP contribution in [-0.4, -0.2) is 40.2 Å². The Kier molecular flexibility index (Phi) is 6.19. The Morgan fingerprint density at radius 3 is 2.26 bits per heavy atom. The molecule has 0 bridgehead atoms. The van der Waals surface area contributed by atoms with Gasteiger partial charge in [-0.2, -0.15) is 4.72 Å². The molecule has 1 rings (SSSR count). The third-order valence-electron chi connectivity index (χ3n) is 2.95. The first kappa shape index (κ1) is 19.9. The molecule has 0 saturated heterocycles. The molecule has 1 atom stereocenters. The molecule has 0 aliphatic carbocycles. The van der Waals surface area contributed by atoms with E-state index in [4.69, 9.17) is 16.7 Å². The number of hydrogen-bond acceptors (Lipinski definition) is 5. The monoisotopic (exact) mass is 383 g/mol. The quantitative estimate of drug-likeness (QED) is 0.732. The highest BCUT2D eigenvalue weighted by molar-refractivity contribution is 7.90. The van der Waals surface area contributed by atoms with Crippen molar-refractivity contribution in [2.45, 2.75) is 30.5 Å². The number of nitrogens with one attached hydrogen (secondary N) is 1. The maximum absolute atomic E-state index is 12.5. The van der Waals surface area contributed by atoms with Crippen LogP contribution < -0.4 is 4.72 Å². The van der Waals surface area contributed by atoms with Gasteiger partial charge in [-0.1, -0.05) is 31.5 Å². The number of sulfonamides is 1. The van der Waals surface area contributed by atoms with E-state index in [0.29, 0.717) is 0 Å². The molecule has 0 aliphatic rings. The normalized spacial score (nSPS) is 14.0. The fourth-order valence-electron chi connectivity index (χ4n) is 1.88. The van der Waals surface area contributed by atoms with Gasteiger partial charge in [-0.25, -0.2) is 16.8 Å². The predicted molar refractivity (Wildman–Crippen MR) is 86.6 cm³/mol. The molecule has 1 aromatic carbocycles. The highest BCUT2D eigenvalue weighted by Crippen LogP contribution is 2.23. The first-order valence-electron chi connectivity index (χ1n) is 6.55. The lowest BCUT2D eigenvalue weighted by Crippen LogP contribution is -2.44. The molecule has 10 heteroatoms. The van der Waals surface area contributed by atoms with Gasteiger partial charge in [-0.3, -0.25) is 4.79 Å². The Labute approximate surface area is 140 Å². The molecular weight excluding hydrogens is 366 g/mol. The number of benzene rings is 1. The molecule has 0 saturated carbocycles. The Hall–Kier alpha value is -1.16. The van der Waals surface area contributed by atoms with E-state index < -0.39 is 43.5 Å². The summed E-state index contributed by atoms with van der Waals surface area (Å²) in [5.41, 5.74) is 0.0253. The molecule has 0 radical (unpaired) electrons. The minimum atomic E-state index is -4.25. The first-order chi connectivity index (χ1) is 10.3. The van der Waals surface area contributed by atoms with E-state index >= 15 is 0 Å². The van der Waals surface area contributed by atoms with Crippen LogP contribution in [0.25, 0.3) is 0 Å². The Bertz CT molecular complexity index is 802. The lowest BCUT2D eigenvalue weighted by atomic mass is 10.1. The van der Waals surface area contributed by atoms with Gasteiger partial charge in [0.15, 0.2) is 9.84 Å². The molecular formula is C13H18ClNO6S2. The summed E-state index contributed by atoms with van der Waals surface area (Å²) in [4.78, 5) is 10.8. The van der Waals surface area contributed by atoms with Crippen LogP contribution in [0.15, 0.2) is 23.1 Å². The van der Waals surface area contributed by atoms with Crippen LogP contribution in [0.3, 0.4) is 0 Å². The van der Waals surface area contributed by atoms with Crippen molar-refractivity contribution >= 4 is 37.4 Å². The maximum Gasteiger partial charge on any atom is 0.322 e. The summed E-state index contributed by atoms with van der Waals surface area (Å²) in [6.07, 6.45) is 0.972. The standard InChI is InChI=1S/C13H18ClNO6S2/c1-8(2)12(13(16)17)15-23(20,21)11-6-10(14)5-4-9(11)7-22(3,18)19/h4-6,8,12,15H,7H2,1-3H3,(H,16,17)/t12-/m1/s1. The van der Waals surface area contributed by atoms with Crippen molar-refractivity contribution in [3.63, 3.8) is 0 Å². The number of hydrogen-bond donors (Lipinski definition) is 2. The average Bonchev–Trinajstić information content (AvgIpc) is 2.36. The van der Waals surface area contributed by atoms with Gasteiger partial charge in [-0.15, -0.1) is 0 Å². The van der Waals surface area contributed by atoms with E-state index in [9.17, 15) is 21.6 Å². The minimum Gasteiger partial charge on any atom is -0.480 e. The topological polar surface area (TPSA) is 118 Å². The van der Waals surface area contributed by atoms with Gasteiger partial charge in [0.25, 0.3) is 0 Å². The first-order valence-corrected chi connectivity index (χ1v) is 10.5. The highest BCUT2D eigenvalue weighted by atomic mass is 35.5. The smallest absolute Gasteiger partial charge is 0.322 e. The lowest BCUT2D eigenvalue weighted by Gasteiger charge is -2.19. The number of sulfone groups is 1. The summed E-state index contributed by atoms with van der Waals surface area (Å²) in [6.45, 7) is 3.10. The van der Waals surface area contributed by atoms with Crippen LogP contribution in [0, 0.1) is 5.92 Å². The van der Waals surface area contributed by atoms with Gasteiger partial charge in [0.2, 0.25) is 10.0 Å². The van der Waals surface area contributed by atoms with Gasteiger partial charge < -0.3 is 5.11 Å². The van der Waals surface area contributed by atoms with Crippen LogP contribution in [0.1, 0.15) is 19.4 Å². The van der Waals surface area contributed by atoms with E-state index in [2.05, 4.69) is 4.72 Å². The van der Waals surface area contributed by atoms with Crippen molar-refractivity contribution in [2.24, 2.45) is 5.92 Å². The molecule has 0 aromatic heterocycles. The van der Waals surface area contributed by atoms with E-state index in [1.165, 1.54) is 12.1 Å². The maximum atomic E-state index is 12.5. The Morgan fingerprint density at radius 1 is 1.26 bits per heavy atom. The molecule has 1 aromatic rings. The largest absolute Gasteiger partial charge is 0.480 e. The minimum absolute atomic E-state index is 0.0253. The van der Waals surface area contributed by atoms with Crippen molar-refractivity contribution in [1.29, 1.82) is 0 Å². The van der Waals surface area contributed by atoms with E-state index in [-0.39, 0.29) is 15.5 Å². The molecule has 130 valence electrons. The Balaban J connectivity index is 3.37. The van der Waals surface area contributed by atoms with E-state index in [1.54, 1.807) is 13.8 Å². The van der Waals surface area contributed by atoms with Crippen molar-refractivity contribution in [1.82, 2.24) is 4.72 Å². The fourth-order valence-corrected chi connectivity index (χ4v) is 4.63. The third-order valence-corrected chi connectivity index (χ3v) is 5.55. The molecule has 0 aliphatic heterocycles. The summed E-state index contributed by atoms with van der Waals surface area (Å²) in [5.74, 6) is -2.32. The van der Waals surface area contributed by atoms with Gasteiger partial charge in [0.1, 0.15) is 6.04 Å². The zero-order chi connectivity index (χ0) is 18.0. The average molecular weight is 384 g/mol. The van der Waals surface area contributed by atoms with Crippen LogP contribution >= 0.6 is 11.6 Å².